The monoisotopic (exact) mass is 326 g/mol. The van der Waals surface area contributed by atoms with Crippen LogP contribution in [0, 0.1) is 0 Å². The predicted octanol–water partition coefficient (Wildman–Crippen LogP) is -0.0280. The number of rotatable bonds is 6. The van der Waals surface area contributed by atoms with Crippen molar-refractivity contribution in [3.63, 3.8) is 0 Å². The number of carbonyl (C=O) groups excluding carboxylic acids is 1. The molecule has 0 spiro atoms. The molecule has 0 bridgehead atoms. The zero-order valence-electron chi connectivity index (χ0n) is 12.9. The van der Waals surface area contributed by atoms with Crippen LogP contribution in [0.25, 0.3) is 0 Å². The van der Waals surface area contributed by atoms with Crippen molar-refractivity contribution in [3.05, 3.63) is 24.0 Å². The molecular formula is C14H22N4O3S. The molecule has 2 rings (SSSR count). The van der Waals surface area contributed by atoms with E-state index in [9.17, 15) is 13.2 Å². The maximum atomic E-state index is 12.1. The zero-order valence-corrected chi connectivity index (χ0v) is 13.7. The number of pyridine rings is 1. The average molecular weight is 326 g/mol. The molecule has 1 saturated heterocycles. The van der Waals surface area contributed by atoms with Gasteiger partial charge in [0.05, 0.1) is 11.5 Å². The number of nitrogens with zero attached hydrogens (tertiary/aromatic N) is 2. The van der Waals surface area contributed by atoms with Gasteiger partial charge in [0.25, 0.3) is 5.91 Å². The summed E-state index contributed by atoms with van der Waals surface area (Å²) < 4.78 is 22.8. The highest BCUT2D eigenvalue weighted by atomic mass is 32.2. The van der Waals surface area contributed by atoms with Crippen LogP contribution in [0.5, 0.6) is 0 Å². The Bertz CT molecular complexity index is 631. The van der Waals surface area contributed by atoms with Gasteiger partial charge in [-0.15, -0.1) is 0 Å². The van der Waals surface area contributed by atoms with E-state index in [-0.39, 0.29) is 23.5 Å². The van der Waals surface area contributed by atoms with Crippen LogP contribution in [0.3, 0.4) is 0 Å². The molecule has 8 heteroatoms. The number of likely N-dealkylation sites (N-methyl/N-ethyl adjacent to an activating group) is 1. The van der Waals surface area contributed by atoms with E-state index in [4.69, 9.17) is 0 Å². The van der Waals surface area contributed by atoms with Crippen molar-refractivity contribution in [2.24, 2.45) is 0 Å². The molecule has 1 fully saturated rings. The maximum absolute atomic E-state index is 12.1. The van der Waals surface area contributed by atoms with Gasteiger partial charge < -0.3 is 15.5 Å². The highest BCUT2D eigenvalue weighted by molar-refractivity contribution is 7.91. The molecule has 1 unspecified atom stereocenters. The molecule has 1 aromatic rings. The minimum atomic E-state index is -3.00. The normalized spacial score (nSPS) is 20.0. The van der Waals surface area contributed by atoms with Crippen LogP contribution in [-0.4, -0.2) is 68.9 Å². The molecule has 1 amide bonds. The first-order valence-electron chi connectivity index (χ1n) is 7.22. The number of carbonyl (C=O) groups is 1. The van der Waals surface area contributed by atoms with Crippen LogP contribution >= 0.6 is 0 Å². The Hall–Kier alpha value is -1.67. The quantitative estimate of drug-likeness (QED) is 0.763. The second-order valence-electron chi connectivity index (χ2n) is 5.73. The van der Waals surface area contributed by atoms with Crippen molar-refractivity contribution in [2.45, 2.75) is 12.5 Å². The number of hydrogen-bond acceptors (Lipinski definition) is 6. The molecule has 0 aliphatic carbocycles. The van der Waals surface area contributed by atoms with Crippen LogP contribution in [0.1, 0.15) is 16.9 Å². The van der Waals surface area contributed by atoms with E-state index in [1.165, 1.54) is 0 Å². The van der Waals surface area contributed by atoms with Gasteiger partial charge in [-0.25, -0.2) is 8.42 Å². The number of aromatic nitrogens is 1. The first-order chi connectivity index (χ1) is 10.4. The molecule has 1 aromatic heterocycles. The predicted molar refractivity (Wildman–Crippen MR) is 85.8 cm³/mol. The van der Waals surface area contributed by atoms with Crippen molar-refractivity contribution >= 4 is 21.4 Å². The largest absolute Gasteiger partial charge is 0.384 e. The van der Waals surface area contributed by atoms with Crippen molar-refractivity contribution in [2.75, 3.05) is 44.0 Å². The Morgan fingerprint density at radius 3 is 2.86 bits per heavy atom. The van der Waals surface area contributed by atoms with E-state index >= 15 is 0 Å². The molecule has 2 heterocycles. The lowest BCUT2D eigenvalue weighted by molar-refractivity contribution is 0.0936. The third-order valence-electron chi connectivity index (χ3n) is 3.45. The Morgan fingerprint density at radius 2 is 2.23 bits per heavy atom. The molecule has 1 aliphatic rings. The number of hydrogen-bond donors (Lipinski definition) is 2. The second-order valence-corrected chi connectivity index (χ2v) is 7.96. The van der Waals surface area contributed by atoms with E-state index < -0.39 is 9.84 Å². The number of sulfone groups is 1. The Morgan fingerprint density at radius 1 is 1.45 bits per heavy atom. The van der Waals surface area contributed by atoms with Crippen LogP contribution in [0.15, 0.2) is 18.3 Å². The zero-order chi connectivity index (χ0) is 16.2. The Balaban J connectivity index is 1.92. The van der Waals surface area contributed by atoms with Gasteiger partial charge in [0.2, 0.25) is 0 Å². The van der Waals surface area contributed by atoms with E-state index in [1.54, 1.807) is 18.3 Å². The number of anilines is 1. The molecule has 1 atom stereocenters. The fourth-order valence-corrected chi connectivity index (χ4v) is 3.93. The molecule has 7 nitrogen and oxygen atoms in total. The average Bonchev–Trinajstić information content (AvgIpc) is 2.78. The smallest absolute Gasteiger partial charge is 0.270 e. The Kier molecular flexibility index (Phi) is 5.36. The summed E-state index contributed by atoms with van der Waals surface area (Å²) in [4.78, 5) is 18.2. The summed E-state index contributed by atoms with van der Waals surface area (Å²) in [5.74, 6) is -0.185. The lowest BCUT2D eigenvalue weighted by atomic mass is 10.2. The fourth-order valence-electron chi connectivity index (χ4n) is 2.26. The SMILES string of the molecule is CN(C)CCNc1ccnc(C(=O)NC2CCS(=O)(=O)C2)c1. The first kappa shape index (κ1) is 16.7. The van der Waals surface area contributed by atoms with Crippen molar-refractivity contribution in [3.8, 4) is 0 Å². The van der Waals surface area contributed by atoms with E-state index in [0.29, 0.717) is 12.1 Å². The highest BCUT2D eigenvalue weighted by Crippen LogP contribution is 2.13. The van der Waals surface area contributed by atoms with Crippen molar-refractivity contribution in [1.82, 2.24) is 15.2 Å². The van der Waals surface area contributed by atoms with Gasteiger partial charge in [0.1, 0.15) is 5.69 Å². The standard InChI is InChI=1S/C14H22N4O3S/c1-18(2)7-6-15-11-3-5-16-13(9-11)14(19)17-12-4-8-22(20,21)10-12/h3,5,9,12H,4,6-8,10H2,1-2H3,(H,15,16)(H,17,19). The lowest BCUT2D eigenvalue weighted by Crippen LogP contribution is -2.36. The molecule has 0 radical (unpaired) electrons. The highest BCUT2D eigenvalue weighted by Gasteiger charge is 2.29. The molecular weight excluding hydrogens is 304 g/mol. The van der Waals surface area contributed by atoms with Crippen molar-refractivity contribution < 1.29 is 13.2 Å². The van der Waals surface area contributed by atoms with Crippen molar-refractivity contribution in [1.29, 1.82) is 0 Å². The lowest BCUT2D eigenvalue weighted by Gasteiger charge is -2.13. The number of nitrogens with one attached hydrogen (secondary N) is 2. The minimum Gasteiger partial charge on any atom is -0.384 e. The third kappa shape index (κ3) is 4.96. The van der Waals surface area contributed by atoms with Crippen LogP contribution in [-0.2, 0) is 9.84 Å². The van der Waals surface area contributed by atoms with Crippen LogP contribution in [0.4, 0.5) is 5.69 Å². The van der Waals surface area contributed by atoms with E-state index in [1.807, 2.05) is 14.1 Å². The summed E-state index contributed by atoms with van der Waals surface area (Å²) in [6.45, 7) is 1.64. The van der Waals surface area contributed by atoms with Gasteiger partial charge >= 0.3 is 0 Å². The van der Waals surface area contributed by atoms with Crippen LogP contribution in [0.2, 0.25) is 0 Å². The summed E-state index contributed by atoms with van der Waals surface area (Å²) in [6.07, 6.45) is 2.03. The topological polar surface area (TPSA) is 91.4 Å². The number of amides is 1. The van der Waals surface area contributed by atoms with E-state index in [0.717, 1.165) is 18.8 Å². The van der Waals surface area contributed by atoms with Gasteiger partial charge in [-0.1, -0.05) is 0 Å². The molecule has 22 heavy (non-hydrogen) atoms. The summed E-state index contributed by atoms with van der Waals surface area (Å²) in [5, 5.41) is 5.96. The van der Waals surface area contributed by atoms with Crippen LogP contribution < -0.4 is 10.6 Å². The van der Waals surface area contributed by atoms with E-state index in [2.05, 4.69) is 20.5 Å². The maximum Gasteiger partial charge on any atom is 0.270 e. The summed E-state index contributed by atoms with van der Waals surface area (Å²) >= 11 is 0. The minimum absolute atomic E-state index is 0.0134. The Labute approximate surface area is 131 Å². The fraction of sp³-hybridized carbons (Fsp3) is 0.571. The summed E-state index contributed by atoms with van der Waals surface area (Å²) in [5.41, 5.74) is 1.11. The summed E-state index contributed by atoms with van der Waals surface area (Å²) in [7, 11) is 0.974. The van der Waals surface area contributed by atoms with Gasteiger partial charge in [0, 0.05) is 31.0 Å². The van der Waals surface area contributed by atoms with Gasteiger partial charge in [-0.3, -0.25) is 9.78 Å². The van der Waals surface area contributed by atoms with Gasteiger partial charge in [-0.2, -0.15) is 0 Å². The van der Waals surface area contributed by atoms with Gasteiger partial charge in [-0.05, 0) is 32.6 Å². The molecule has 122 valence electrons. The molecule has 0 saturated carbocycles. The molecule has 0 aromatic carbocycles. The first-order valence-corrected chi connectivity index (χ1v) is 9.04. The molecule has 1 aliphatic heterocycles. The summed E-state index contributed by atoms with van der Waals surface area (Å²) in [6, 6.07) is 3.16. The second kappa shape index (κ2) is 7.06. The van der Waals surface area contributed by atoms with Gasteiger partial charge in [0.15, 0.2) is 9.84 Å². The third-order valence-corrected chi connectivity index (χ3v) is 5.22. The molecule has 2 N–H and O–H groups in total.